The second-order valence-electron chi connectivity index (χ2n) is 8.17. The summed E-state index contributed by atoms with van der Waals surface area (Å²) in [4.78, 5) is 0. The van der Waals surface area contributed by atoms with Crippen LogP contribution < -0.4 is 0 Å². The minimum Gasteiger partial charge on any atom is -0.206 e. The number of rotatable bonds is 2. The third kappa shape index (κ3) is 2.73. The molecule has 140 valence electrons. The first-order valence-corrected chi connectivity index (χ1v) is 10.6. The molecule has 0 N–H and O–H groups in total. The van der Waals surface area contributed by atoms with Gasteiger partial charge in [0.15, 0.2) is 0 Å². The van der Waals surface area contributed by atoms with Crippen LogP contribution in [0.15, 0.2) is 83.3 Å². The van der Waals surface area contributed by atoms with Crippen LogP contribution in [0.3, 0.4) is 0 Å². The van der Waals surface area contributed by atoms with Crippen molar-refractivity contribution in [3.8, 4) is 22.6 Å². The quantitative estimate of drug-likeness (QED) is 0.356. The maximum absolute atomic E-state index is 6.75. The SMILES string of the molecule is c1ccc(Cc2c3c([o+]c4c2CCc2ccccc2-4)-c2ccccc2CC3)cc1. The molecule has 1 heterocycles. The smallest absolute Gasteiger partial charge is 0.206 e. The number of benzene rings is 3. The lowest BCUT2D eigenvalue weighted by Gasteiger charge is -2.22. The van der Waals surface area contributed by atoms with E-state index in [9.17, 15) is 0 Å². The summed E-state index contributed by atoms with van der Waals surface area (Å²) in [5, 5.41) is 0. The van der Waals surface area contributed by atoms with E-state index in [2.05, 4.69) is 78.9 Å². The number of hydrogen-bond donors (Lipinski definition) is 0. The number of fused-ring (bicyclic) bond motifs is 6. The van der Waals surface area contributed by atoms with Crippen LogP contribution in [0, 0.1) is 0 Å². The minimum absolute atomic E-state index is 0.978. The maximum Gasteiger partial charge on any atom is 0.364 e. The summed E-state index contributed by atoms with van der Waals surface area (Å²) in [5.41, 5.74) is 11.1. The molecule has 0 bridgehead atoms. The molecule has 0 saturated carbocycles. The molecule has 0 fully saturated rings. The van der Waals surface area contributed by atoms with E-state index in [0.717, 1.165) is 43.6 Å². The lowest BCUT2D eigenvalue weighted by molar-refractivity contribution is 0.551. The summed E-state index contributed by atoms with van der Waals surface area (Å²) >= 11 is 0. The molecule has 3 aromatic carbocycles. The van der Waals surface area contributed by atoms with E-state index in [1.165, 1.54) is 44.5 Å². The zero-order chi connectivity index (χ0) is 19.2. The minimum atomic E-state index is 0.978. The molecule has 0 atom stereocenters. The van der Waals surface area contributed by atoms with Crippen LogP contribution in [0.2, 0.25) is 0 Å². The number of aryl methyl sites for hydroxylation is 2. The van der Waals surface area contributed by atoms with Crippen molar-refractivity contribution < 1.29 is 4.42 Å². The Hall–Kier alpha value is -3.19. The van der Waals surface area contributed by atoms with Crippen LogP contribution in [0.25, 0.3) is 22.6 Å². The van der Waals surface area contributed by atoms with Gasteiger partial charge in [0.2, 0.25) is 0 Å². The molecular weight excluding hydrogens is 352 g/mol. The fourth-order valence-electron chi connectivity index (χ4n) is 5.10. The van der Waals surface area contributed by atoms with Crippen molar-refractivity contribution in [3.05, 3.63) is 112 Å². The first-order valence-electron chi connectivity index (χ1n) is 10.6. The van der Waals surface area contributed by atoms with E-state index in [1.807, 2.05) is 0 Å². The first-order chi connectivity index (χ1) is 14.4. The molecule has 0 saturated heterocycles. The zero-order valence-corrected chi connectivity index (χ0v) is 16.4. The highest BCUT2D eigenvalue weighted by Gasteiger charge is 2.37. The van der Waals surface area contributed by atoms with Gasteiger partial charge in [0.25, 0.3) is 0 Å². The fraction of sp³-hybridized carbons (Fsp3) is 0.179. The lowest BCUT2D eigenvalue weighted by Crippen LogP contribution is -2.14. The second-order valence-corrected chi connectivity index (χ2v) is 8.17. The highest BCUT2D eigenvalue weighted by molar-refractivity contribution is 5.76. The predicted octanol–water partition coefficient (Wildman–Crippen LogP) is 6.68. The molecule has 1 aromatic heterocycles. The van der Waals surface area contributed by atoms with Crippen molar-refractivity contribution in [3.63, 3.8) is 0 Å². The average Bonchev–Trinajstić information content (AvgIpc) is 2.79. The Morgan fingerprint density at radius 3 is 1.66 bits per heavy atom. The largest absolute Gasteiger partial charge is 0.364 e. The van der Waals surface area contributed by atoms with Gasteiger partial charge in [-0.15, -0.1) is 0 Å². The van der Waals surface area contributed by atoms with Crippen molar-refractivity contribution in [2.45, 2.75) is 32.1 Å². The maximum atomic E-state index is 6.75. The van der Waals surface area contributed by atoms with E-state index < -0.39 is 0 Å². The van der Waals surface area contributed by atoms with Gasteiger partial charge >= 0.3 is 11.5 Å². The standard InChI is InChI=1S/C28H23O/c1-2-8-19(9-3-1)18-26-24-16-14-20-10-4-6-12-22(20)27(24)29-28-23-13-7-5-11-21(23)15-17-25(26)28/h1-13H,14-18H2/q+1. The fourth-order valence-corrected chi connectivity index (χ4v) is 5.10. The van der Waals surface area contributed by atoms with Gasteiger partial charge in [-0.1, -0.05) is 66.7 Å². The van der Waals surface area contributed by atoms with Gasteiger partial charge in [0.05, 0.1) is 22.3 Å². The summed E-state index contributed by atoms with van der Waals surface area (Å²) in [7, 11) is 0. The molecule has 0 unspecified atom stereocenters. The van der Waals surface area contributed by atoms with Crippen LogP contribution >= 0.6 is 0 Å². The topological polar surface area (TPSA) is 11.3 Å². The van der Waals surface area contributed by atoms with Crippen molar-refractivity contribution in [2.24, 2.45) is 0 Å². The van der Waals surface area contributed by atoms with E-state index in [4.69, 9.17) is 4.42 Å². The molecule has 2 aliphatic rings. The molecule has 0 spiro atoms. The van der Waals surface area contributed by atoms with Gasteiger partial charge in [-0.2, -0.15) is 0 Å². The summed E-state index contributed by atoms with van der Waals surface area (Å²) < 4.78 is 6.75. The Kier molecular flexibility index (Phi) is 3.87. The monoisotopic (exact) mass is 375 g/mol. The van der Waals surface area contributed by atoms with Gasteiger partial charge in [-0.25, -0.2) is 4.42 Å². The Morgan fingerprint density at radius 1 is 0.552 bits per heavy atom. The highest BCUT2D eigenvalue weighted by atomic mass is 16.3. The summed E-state index contributed by atoms with van der Waals surface area (Å²) in [5.74, 6) is 2.18. The molecule has 29 heavy (non-hydrogen) atoms. The second kappa shape index (κ2) is 6.70. The average molecular weight is 375 g/mol. The normalized spacial score (nSPS) is 13.8. The van der Waals surface area contributed by atoms with Crippen LogP contribution in [0.4, 0.5) is 0 Å². The molecular formula is C28H23O+. The molecule has 6 rings (SSSR count). The molecule has 0 radical (unpaired) electrons. The van der Waals surface area contributed by atoms with Crippen LogP contribution in [0.1, 0.15) is 33.4 Å². The zero-order valence-electron chi connectivity index (χ0n) is 16.4. The highest BCUT2D eigenvalue weighted by Crippen LogP contribution is 2.44. The van der Waals surface area contributed by atoms with Gasteiger partial charge in [-0.05, 0) is 66.5 Å². The summed E-state index contributed by atoms with van der Waals surface area (Å²) in [6.07, 6.45) is 5.29. The lowest BCUT2D eigenvalue weighted by atomic mass is 9.80. The Labute approximate surface area is 171 Å². The van der Waals surface area contributed by atoms with E-state index in [0.29, 0.717) is 0 Å². The Morgan fingerprint density at radius 2 is 1.07 bits per heavy atom. The van der Waals surface area contributed by atoms with Crippen LogP contribution in [-0.2, 0) is 32.1 Å². The molecule has 0 amide bonds. The van der Waals surface area contributed by atoms with Crippen molar-refractivity contribution in [1.29, 1.82) is 0 Å². The summed E-state index contributed by atoms with van der Waals surface area (Å²) in [6.45, 7) is 0. The van der Waals surface area contributed by atoms with Gasteiger partial charge in [0.1, 0.15) is 0 Å². The predicted molar refractivity (Wildman–Crippen MR) is 118 cm³/mol. The molecule has 1 heteroatoms. The molecule has 0 aliphatic heterocycles. The van der Waals surface area contributed by atoms with E-state index in [-0.39, 0.29) is 0 Å². The Balaban J connectivity index is 1.63. The third-order valence-corrected chi connectivity index (χ3v) is 6.52. The molecule has 2 aliphatic carbocycles. The number of hydrogen-bond acceptors (Lipinski definition) is 0. The van der Waals surface area contributed by atoms with Crippen molar-refractivity contribution >= 4 is 0 Å². The van der Waals surface area contributed by atoms with Crippen LogP contribution in [-0.4, -0.2) is 0 Å². The van der Waals surface area contributed by atoms with E-state index >= 15 is 0 Å². The van der Waals surface area contributed by atoms with Gasteiger partial charge in [-0.3, -0.25) is 0 Å². The third-order valence-electron chi connectivity index (χ3n) is 6.52. The Bertz CT molecular complexity index is 1150. The molecule has 1 nitrogen and oxygen atoms in total. The van der Waals surface area contributed by atoms with Crippen LogP contribution in [0.5, 0.6) is 0 Å². The van der Waals surface area contributed by atoms with Gasteiger partial charge < -0.3 is 0 Å². The van der Waals surface area contributed by atoms with Gasteiger partial charge in [0, 0.05) is 0 Å². The van der Waals surface area contributed by atoms with Crippen molar-refractivity contribution in [1.82, 2.24) is 0 Å². The van der Waals surface area contributed by atoms with Crippen molar-refractivity contribution in [2.75, 3.05) is 0 Å². The first kappa shape index (κ1) is 16.7. The summed E-state index contributed by atoms with van der Waals surface area (Å²) in [6, 6.07) is 28.4. The van der Waals surface area contributed by atoms with E-state index in [1.54, 1.807) is 0 Å². The molecule has 4 aromatic rings.